The average Bonchev–Trinajstić information content (AvgIpc) is 3.44. The summed E-state index contributed by atoms with van der Waals surface area (Å²) in [6.07, 6.45) is -2.75. The summed E-state index contributed by atoms with van der Waals surface area (Å²) >= 11 is 11.8. The summed E-state index contributed by atoms with van der Waals surface area (Å²) in [7, 11) is 1.59. The predicted octanol–water partition coefficient (Wildman–Crippen LogP) is 2.29. The third-order valence-electron chi connectivity index (χ3n) is 7.26. The van der Waals surface area contributed by atoms with E-state index in [1.165, 1.54) is 16.2 Å². The van der Waals surface area contributed by atoms with Crippen molar-refractivity contribution in [2.24, 2.45) is 5.73 Å². The summed E-state index contributed by atoms with van der Waals surface area (Å²) in [5.74, 6) is -0.211. The molecule has 1 heterocycles. The number of thiophene rings is 1. The number of hydrogen-bond donors (Lipinski definition) is 8. The zero-order valence-corrected chi connectivity index (χ0v) is 30.8. The second kappa shape index (κ2) is 19.3. The second-order valence-corrected chi connectivity index (χ2v) is 16.4. The van der Waals surface area contributed by atoms with Gasteiger partial charge in [0.05, 0.1) is 13.2 Å². The number of rotatable bonds is 16. The Labute approximate surface area is 292 Å². The Bertz CT molecular complexity index is 1480. The van der Waals surface area contributed by atoms with Gasteiger partial charge in [-0.05, 0) is 0 Å². The van der Waals surface area contributed by atoms with Gasteiger partial charge in [-0.25, -0.2) is 0 Å². The van der Waals surface area contributed by atoms with E-state index < -0.39 is 39.1 Å². The fourth-order valence-corrected chi connectivity index (χ4v) is 8.19. The molecule has 3 aromatic rings. The fourth-order valence-electron chi connectivity index (χ4n) is 4.51. The summed E-state index contributed by atoms with van der Waals surface area (Å²) in [6, 6.07) is 12.3. The van der Waals surface area contributed by atoms with Crippen molar-refractivity contribution < 1.29 is 30.3 Å². The predicted molar refractivity (Wildman–Crippen MR) is 183 cm³/mol. The van der Waals surface area contributed by atoms with Gasteiger partial charge in [0, 0.05) is 13.1 Å². The number of nitrogens with two attached hydrogens (primary N) is 1. The number of carbonyl (C=O) groups excluding carboxylic acids is 1. The number of nitrogens with one attached hydrogen (secondary N) is 2. The molecule has 0 fully saturated rings. The van der Waals surface area contributed by atoms with Gasteiger partial charge in [-0.15, -0.1) is 0 Å². The van der Waals surface area contributed by atoms with Crippen LogP contribution in [0.25, 0.3) is 10.4 Å². The molecule has 0 aliphatic carbocycles. The molecule has 3 rings (SSSR count). The van der Waals surface area contributed by atoms with Crippen molar-refractivity contribution >= 4 is 60.9 Å². The van der Waals surface area contributed by atoms with E-state index in [1.807, 2.05) is 17.0 Å². The van der Waals surface area contributed by atoms with Crippen LogP contribution in [0.5, 0.6) is 5.75 Å². The van der Waals surface area contributed by atoms with Crippen molar-refractivity contribution in [2.75, 3.05) is 46.4 Å². The molecule has 0 radical (unpaired) electrons. The molecule has 250 valence electrons. The van der Waals surface area contributed by atoms with Crippen LogP contribution in [-0.4, -0.2) is 114 Å². The van der Waals surface area contributed by atoms with Crippen molar-refractivity contribution in [2.45, 2.75) is 36.0 Å². The van der Waals surface area contributed by atoms with Gasteiger partial charge in [0.2, 0.25) is 0 Å². The number of carbonyl (C=O) groups is 1. The Hall–Kier alpha value is -1.75. The number of benzene rings is 2. The number of halogens is 2. The first-order chi connectivity index (χ1) is 22.0. The number of amides is 1. The fraction of sp³-hybridized carbons (Fsp3) is 0.419. The van der Waals surface area contributed by atoms with E-state index in [0.717, 1.165) is 5.56 Å². The molecule has 0 bridgehead atoms. The van der Waals surface area contributed by atoms with Gasteiger partial charge in [0.15, 0.2) is 0 Å². The molecule has 15 heteroatoms. The van der Waals surface area contributed by atoms with E-state index in [9.17, 15) is 20.1 Å². The van der Waals surface area contributed by atoms with Crippen LogP contribution >= 0.6 is 34.5 Å². The van der Waals surface area contributed by atoms with Crippen LogP contribution < -0.4 is 16.4 Å². The van der Waals surface area contributed by atoms with Crippen molar-refractivity contribution in [1.82, 2.24) is 20.4 Å². The molecule has 2 aromatic carbocycles. The minimum absolute atomic E-state index is 0.000746. The van der Waals surface area contributed by atoms with Crippen molar-refractivity contribution in [3.63, 3.8) is 0 Å². The van der Waals surface area contributed by atoms with E-state index in [2.05, 4.69) is 14.5 Å². The van der Waals surface area contributed by atoms with Crippen LogP contribution in [0.2, 0.25) is 14.0 Å². The van der Waals surface area contributed by atoms with E-state index in [-0.39, 0.29) is 28.8 Å². The Kier molecular flexibility index (Phi) is 16.2. The molecule has 0 aliphatic heterocycles. The zero-order valence-electron chi connectivity index (χ0n) is 25.7. The molecule has 1 amide bonds. The first-order valence-electron chi connectivity index (χ1n) is 14.6. The van der Waals surface area contributed by atoms with Gasteiger partial charge in [-0.1, -0.05) is 0 Å². The van der Waals surface area contributed by atoms with Crippen LogP contribution in [0.4, 0.5) is 0 Å². The number of aliphatic hydroxyl groups excluding tert-OH is 4. The molecule has 0 aliphatic rings. The standard InChI is InChI=1S/C16H26N3O4.C15H15Cl2N2O2S.Sn/c1-13(22)18-12-14-2-4-15(5-3-14)16(23)17-6-7-19(8-10-20)9-11-21;1-3-12(20)19(2)15(18)9-7-22-14(13(9)21)8-4-5-10(16)11(17)6-8;/h2-5,13,16-18,20-23H,6-12H2;3-7,15,21H,18H2,1-2H3;. The average molecular weight is 801 g/mol. The second-order valence-electron chi connectivity index (χ2n) is 10.6. The van der Waals surface area contributed by atoms with E-state index >= 15 is 0 Å². The van der Waals surface area contributed by atoms with Gasteiger partial charge < -0.3 is 10.2 Å². The maximum atomic E-state index is 13.2. The monoisotopic (exact) mass is 801 g/mol. The summed E-state index contributed by atoms with van der Waals surface area (Å²) in [5.41, 5.74) is 9.07. The third kappa shape index (κ3) is 11.2. The number of aromatic hydroxyl groups is 1. The molecule has 0 spiro atoms. The van der Waals surface area contributed by atoms with Gasteiger partial charge in [-0.3, -0.25) is 4.90 Å². The molecule has 9 N–H and O–H groups in total. The van der Waals surface area contributed by atoms with Crippen molar-refractivity contribution in [1.29, 1.82) is 0 Å². The summed E-state index contributed by atoms with van der Waals surface area (Å²) in [6.45, 7) is 4.11. The van der Waals surface area contributed by atoms with Gasteiger partial charge in [-0.2, -0.15) is 0 Å². The Morgan fingerprint density at radius 1 is 1.04 bits per heavy atom. The van der Waals surface area contributed by atoms with Crippen LogP contribution in [0.3, 0.4) is 0 Å². The molecule has 46 heavy (non-hydrogen) atoms. The normalized spacial score (nSPS) is 14.0. The number of hydrogen-bond acceptors (Lipinski definition) is 11. The molecule has 4 unspecified atom stereocenters. The first-order valence-corrected chi connectivity index (χ1v) is 19.3. The van der Waals surface area contributed by atoms with Crippen LogP contribution in [-0.2, 0) is 11.3 Å². The molecular formula is C31H41Cl2N5O6SSn. The Balaban J connectivity index is 1.49. The van der Waals surface area contributed by atoms with E-state index in [1.54, 1.807) is 49.7 Å². The molecular weight excluding hydrogens is 760 g/mol. The molecule has 11 nitrogen and oxygen atoms in total. The zero-order chi connectivity index (χ0) is 33.8. The molecule has 0 saturated carbocycles. The molecule has 0 saturated heterocycles. The minimum atomic E-state index is -1.60. The van der Waals surface area contributed by atoms with E-state index in [0.29, 0.717) is 64.3 Å². The molecule has 1 aromatic heterocycles. The van der Waals surface area contributed by atoms with Crippen molar-refractivity contribution in [3.05, 3.63) is 74.6 Å². The first kappa shape index (κ1) is 38.7. The van der Waals surface area contributed by atoms with Gasteiger partial charge >= 0.3 is 253 Å². The Morgan fingerprint density at radius 2 is 1.72 bits per heavy atom. The Morgan fingerprint density at radius 3 is 2.35 bits per heavy atom. The van der Waals surface area contributed by atoms with Crippen molar-refractivity contribution in [3.8, 4) is 20.0 Å². The number of nitrogens with zero attached hydrogens (tertiary/aromatic N) is 2. The maximum absolute atomic E-state index is 13.2. The molecule has 4 atom stereocenters. The number of aliphatic hydroxyl groups is 4. The third-order valence-corrected chi connectivity index (χ3v) is 12.2. The topological polar surface area (TPSA) is 175 Å². The van der Waals surface area contributed by atoms with Gasteiger partial charge in [0.25, 0.3) is 0 Å². The quantitative estimate of drug-likeness (QED) is 0.0794. The van der Waals surface area contributed by atoms with Crippen LogP contribution in [0.1, 0.15) is 36.0 Å². The summed E-state index contributed by atoms with van der Waals surface area (Å²) in [4.78, 5) is 17.0. The van der Waals surface area contributed by atoms with Crippen LogP contribution in [0, 0.1) is 3.82 Å². The van der Waals surface area contributed by atoms with Crippen LogP contribution in [0.15, 0.2) is 47.8 Å². The summed E-state index contributed by atoms with van der Waals surface area (Å²) in [5, 5.41) is 58.5. The summed E-state index contributed by atoms with van der Waals surface area (Å²) < 4.78 is 2.70. The SMILES string of the molecule is C[CH]([Sn]#[C]C(O)NCc1ccc(C(O)NCCN(CCO)CCO)cc1)C(=O)N(C)C(N)c1csc(-c2ccc(Cl)c(Cl)c2)c1O. The van der Waals surface area contributed by atoms with Gasteiger partial charge in [0.1, 0.15) is 0 Å². The van der Waals surface area contributed by atoms with E-state index in [4.69, 9.17) is 39.1 Å².